The SMILES string of the molecule is CCN(CC)c1ccc2c(C)c(/C=C/c3ccc(C(=O)O)s3)c(=O)oc2c1. The quantitative estimate of drug-likeness (QED) is 0.615. The van der Waals surface area contributed by atoms with E-state index in [9.17, 15) is 9.59 Å². The van der Waals surface area contributed by atoms with Crippen molar-refractivity contribution in [1.29, 1.82) is 0 Å². The molecule has 1 N–H and O–H groups in total. The number of rotatable bonds is 6. The van der Waals surface area contributed by atoms with Gasteiger partial charge in [-0.25, -0.2) is 9.59 Å². The van der Waals surface area contributed by atoms with E-state index in [2.05, 4.69) is 18.7 Å². The number of benzene rings is 1. The lowest BCUT2D eigenvalue weighted by molar-refractivity contribution is 0.0702. The fourth-order valence-corrected chi connectivity index (χ4v) is 3.81. The van der Waals surface area contributed by atoms with Gasteiger partial charge in [0.2, 0.25) is 0 Å². The predicted octanol–water partition coefficient (Wildman–Crippen LogP) is 4.88. The van der Waals surface area contributed by atoms with Crippen molar-refractivity contribution in [2.75, 3.05) is 18.0 Å². The van der Waals surface area contributed by atoms with Gasteiger partial charge in [-0.2, -0.15) is 0 Å². The van der Waals surface area contributed by atoms with Crippen molar-refractivity contribution in [3.63, 3.8) is 0 Å². The molecule has 0 radical (unpaired) electrons. The number of aryl methyl sites for hydroxylation is 1. The Morgan fingerprint density at radius 1 is 1.19 bits per heavy atom. The van der Waals surface area contributed by atoms with Crippen LogP contribution in [0.15, 0.2) is 39.5 Å². The van der Waals surface area contributed by atoms with Crippen LogP contribution in [0, 0.1) is 6.92 Å². The molecule has 3 aromatic rings. The van der Waals surface area contributed by atoms with Gasteiger partial charge in [0.15, 0.2) is 0 Å². The van der Waals surface area contributed by atoms with E-state index in [1.54, 1.807) is 24.3 Å². The lowest BCUT2D eigenvalue weighted by Gasteiger charge is -2.21. The van der Waals surface area contributed by atoms with Gasteiger partial charge in [0.1, 0.15) is 10.5 Å². The first-order valence-corrected chi connectivity index (χ1v) is 9.59. The van der Waals surface area contributed by atoms with Crippen LogP contribution >= 0.6 is 11.3 Å². The monoisotopic (exact) mass is 383 g/mol. The molecule has 2 aromatic heterocycles. The molecule has 0 spiro atoms. The van der Waals surface area contributed by atoms with E-state index in [-0.39, 0.29) is 4.88 Å². The summed E-state index contributed by atoms with van der Waals surface area (Å²) >= 11 is 1.16. The van der Waals surface area contributed by atoms with Crippen LogP contribution in [0.3, 0.4) is 0 Å². The summed E-state index contributed by atoms with van der Waals surface area (Å²) in [6, 6.07) is 9.19. The predicted molar refractivity (Wildman–Crippen MR) is 111 cm³/mol. The van der Waals surface area contributed by atoms with Crippen molar-refractivity contribution in [3.8, 4) is 0 Å². The molecule has 0 aliphatic carbocycles. The first kappa shape index (κ1) is 18.9. The average Bonchev–Trinajstić information content (AvgIpc) is 3.11. The van der Waals surface area contributed by atoms with Crippen LogP contribution in [0.2, 0.25) is 0 Å². The summed E-state index contributed by atoms with van der Waals surface area (Å²) in [5, 5.41) is 9.90. The first-order chi connectivity index (χ1) is 12.9. The summed E-state index contributed by atoms with van der Waals surface area (Å²) in [6.45, 7) is 7.83. The fraction of sp³-hybridized carbons (Fsp3) is 0.238. The summed E-state index contributed by atoms with van der Waals surface area (Å²) in [6.07, 6.45) is 3.43. The van der Waals surface area contributed by atoms with Crippen LogP contribution in [0.25, 0.3) is 23.1 Å². The minimum absolute atomic E-state index is 0.265. The number of fused-ring (bicyclic) bond motifs is 1. The topological polar surface area (TPSA) is 70.8 Å². The fourth-order valence-electron chi connectivity index (χ4n) is 3.06. The van der Waals surface area contributed by atoms with Crippen LogP contribution < -0.4 is 10.5 Å². The number of hydrogen-bond acceptors (Lipinski definition) is 5. The number of carbonyl (C=O) groups is 1. The molecule has 0 saturated carbocycles. The lowest BCUT2D eigenvalue weighted by Crippen LogP contribution is -2.21. The molecule has 0 atom stereocenters. The maximum Gasteiger partial charge on any atom is 0.345 e. The maximum atomic E-state index is 12.5. The van der Waals surface area contributed by atoms with Gasteiger partial charge in [-0.05, 0) is 62.8 Å². The smallest absolute Gasteiger partial charge is 0.345 e. The van der Waals surface area contributed by atoms with Crippen molar-refractivity contribution in [2.45, 2.75) is 20.8 Å². The number of nitrogens with zero attached hydrogens (tertiary/aromatic N) is 1. The molecule has 140 valence electrons. The van der Waals surface area contributed by atoms with E-state index < -0.39 is 11.6 Å². The zero-order valence-corrected chi connectivity index (χ0v) is 16.3. The Hall–Kier alpha value is -2.86. The molecule has 0 saturated heterocycles. The molecule has 1 aromatic carbocycles. The van der Waals surface area contributed by atoms with Gasteiger partial charge < -0.3 is 14.4 Å². The summed E-state index contributed by atoms with van der Waals surface area (Å²) in [5.74, 6) is -0.954. The number of anilines is 1. The minimum Gasteiger partial charge on any atom is -0.477 e. The molecule has 0 aliphatic heterocycles. The van der Waals surface area contributed by atoms with Crippen molar-refractivity contribution in [1.82, 2.24) is 0 Å². The molecule has 27 heavy (non-hydrogen) atoms. The summed E-state index contributed by atoms with van der Waals surface area (Å²) in [5.41, 5.74) is 2.52. The Bertz CT molecular complexity index is 1070. The second kappa shape index (κ2) is 7.80. The normalized spacial score (nSPS) is 11.4. The van der Waals surface area contributed by atoms with Crippen molar-refractivity contribution < 1.29 is 14.3 Å². The number of carboxylic acid groups (broad SMARTS) is 1. The molecular weight excluding hydrogens is 362 g/mol. The molecule has 0 aliphatic rings. The Balaban J connectivity index is 2.01. The molecule has 0 unspecified atom stereocenters. The Labute approximate surface area is 161 Å². The van der Waals surface area contributed by atoms with Crippen molar-refractivity contribution in [3.05, 3.63) is 61.6 Å². The molecule has 0 bridgehead atoms. The third-order valence-corrected chi connectivity index (χ3v) is 5.61. The zero-order valence-electron chi connectivity index (χ0n) is 15.5. The number of thiophene rings is 1. The third kappa shape index (κ3) is 3.80. The van der Waals surface area contributed by atoms with Gasteiger partial charge in [0, 0.05) is 35.1 Å². The molecule has 2 heterocycles. The Kier molecular flexibility index (Phi) is 5.46. The second-order valence-electron chi connectivity index (χ2n) is 6.12. The standard InChI is InChI=1S/C21H21NO4S/c1-4-22(5-2)14-6-9-16-13(3)17(21(25)26-18(16)12-14)10-7-15-8-11-19(27-15)20(23)24/h6-12H,4-5H2,1-3H3,(H,23,24)/b10-7+. The number of aromatic carboxylic acids is 1. The highest BCUT2D eigenvalue weighted by molar-refractivity contribution is 7.14. The van der Waals surface area contributed by atoms with Crippen LogP contribution in [0.4, 0.5) is 5.69 Å². The van der Waals surface area contributed by atoms with Crippen LogP contribution in [-0.2, 0) is 0 Å². The number of carboxylic acids is 1. The molecule has 3 rings (SSSR count). The van der Waals surface area contributed by atoms with E-state index in [0.717, 1.165) is 45.9 Å². The second-order valence-corrected chi connectivity index (χ2v) is 7.24. The summed E-state index contributed by atoms with van der Waals surface area (Å²) < 4.78 is 5.56. The van der Waals surface area contributed by atoms with E-state index in [0.29, 0.717) is 11.1 Å². The highest BCUT2D eigenvalue weighted by atomic mass is 32.1. The van der Waals surface area contributed by atoms with Gasteiger partial charge in [0.25, 0.3) is 0 Å². The van der Waals surface area contributed by atoms with Gasteiger partial charge >= 0.3 is 11.6 Å². The molecular formula is C21H21NO4S. The molecule has 5 nitrogen and oxygen atoms in total. The van der Waals surface area contributed by atoms with E-state index in [1.165, 1.54) is 0 Å². The first-order valence-electron chi connectivity index (χ1n) is 8.78. The number of hydrogen-bond donors (Lipinski definition) is 1. The third-order valence-electron chi connectivity index (χ3n) is 4.58. The van der Waals surface area contributed by atoms with Crippen LogP contribution in [0.5, 0.6) is 0 Å². The van der Waals surface area contributed by atoms with Crippen LogP contribution in [0.1, 0.15) is 39.5 Å². The van der Waals surface area contributed by atoms with Crippen LogP contribution in [-0.4, -0.2) is 24.2 Å². The average molecular weight is 383 g/mol. The van der Waals surface area contributed by atoms with Gasteiger partial charge in [-0.1, -0.05) is 0 Å². The van der Waals surface area contributed by atoms with Gasteiger partial charge in [-0.15, -0.1) is 11.3 Å². The Morgan fingerprint density at radius 3 is 2.56 bits per heavy atom. The highest BCUT2D eigenvalue weighted by Gasteiger charge is 2.12. The highest BCUT2D eigenvalue weighted by Crippen LogP contribution is 2.26. The zero-order chi connectivity index (χ0) is 19.6. The van der Waals surface area contributed by atoms with E-state index in [4.69, 9.17) is 9.52 Å². The molecule has 6 heteroatoms. The summed E-state index contributed by atoms with van der Waals surface area (Å²) in [7, 11) is 0. The molecule has 0 fully saturated rings. The summed E-state index contributed by atoms with van der Waals surface area (Å²) in [4.78, 5) is 26.7. The van der Waals surface area contributed by atoms with Crippen molar-refractivity contribution in [2.24, 2.45) is 0 Å². The minimum atomic E-state index is -0.954. The van der Waals surface area contributed by atoms with Gasteiger partial charge in [-0.3, -0.25) is 0 Å². The van der Waals surface area contributed by atoms with E-state index in [1.807, 2.05) is 25.1 Å². The van der Waals surface area contributed by atoms with Gasteiger partial charge in [0.05, 0.1) is 5.56 Å². The van der Waals surface area contributed by atoms with Crippen molar-refractivity contribution >= 4 is 46.1 Å². The Morgan fingerprint density at radius 2 is 1.93 bits per heavy atom. The lowest BCUT2D eigenvalue weighted by atomic mass is 10.0. The molecule has 0 amide bonds. The largest absolute Gasteiger partial charge is 0.477 e. The maximum absolute atomic E-state index is 12.5. The van der Waals surface area contributed by atoms with E-state index >= 15 is 0 Å².